The number of halogens is 6. The number of amides is 2. The van der Waals surface area contributed by atoms with Crippen molar-refractivity contribution in [1.82, 2.24) is 20.4 Å². The second-order valence-corrected chi connectivity index (χ2v) is 13.7. The van der Waals surface area contributed by atoms with E-state index >= 15 is 0 Å². The maximum absolute atomic E-state index is 14.1. The molecule has 2 amide bonds. The number of aryl methyl sites for hydroxylation is 1. The summed E-state index contributed by atoms with van der Waals surface area (Å²) >= 11 is 0. The Hall–Kier alpha value is -4.83. The van der Waals surface area contributed by atoms with E-state index in [-0.39, 0.29) is 36.3 Å². The largest absolute Gasteiger partial charge is 0.493 e. The first-order valence-corrected chi connectivity index (χ1v) is 16.0. The summed E-state index contributed by atoms with van der Waals surface area (Å²) in [5, 5.41) is 6.37. The van der Waals surface area contributed by atoms with Crippen LogP contribution in [0, 0.1) is 0 Å². The molecular formula is C34H39F6N5O6. The molecule has 0 saturated carbocycles. The van der Waals surface area contributed by atoms with Crippen molar-refractivity contribution in [2.24, 2.45) is 4.99 Å². The summed E-state index contributed by atoms with van der Waals surface area (Å²) in [4.78, 5) is 35.2. The summed E-state index contributed by atoms with van der Waals surface area (Å²) in [5.41, 5.74) is -3.06. The monoisotopic (exact) mass is 727 g/mol. The lowest BCUT2D eigenvalue weighted by molar-refractivity contribution is -0.139. The number of rotatable bonds is 7. The van der Waals surface area contributed by atoms with Crippen LogP contribution in [0.2, 0.25) is 0 Å². The average molecular weight is 728 g/mol. The molecule has 1 aliphatic heterocycles. The van der Waals surface area contributed by atoms with Gasteiger partial charge in [0.1, 0.15) is 23.0 Å². The minimum Gasteiger partial charge on any atom is -0.493 e. The summed E-state index contributed by atoms with van der Waals surface area (Å²) < 4.78 is 102. The molecule has 0 bridgehead atoms. The summed E-state index contributed by atoms with van der Waals surface area (Å²) in [5.74, 6) is -0.787. The number of nitrogens with one attached hydrogen (secondary N) is 1. The lowest BCUT2D eigenvalue weighted by Gasteiger charge is -2.27. The minimum atomic E-state index is -4.81. The molecule has 1 aliphatic rings. The summed E-state index contributed by atoms with van der Waals surface area (Å²) in [6.07, 6.45) is -9.64. The van der Waals surface area contributed by atoms with E-state index in [0.717, 1.165) is 24.3 Å². The summed E-state index contributed by atoms with van der Waals surface area (Å²) in [7, 11) is 0. The maximum Gasteiger partial charge on any atom is 0.437 e. The molecule has 51 heavy (non-hydrogen) atoms. The number of benzene rings is 2. The summed E-state index contributed by atoms with van der Waals surface area (Å²) in [6, 6.07) is 7.10. The normalized spacial score (nSPS) is 15.9. The zero-order valence-electron chi connectivity index (χ0n) is 28.9. The van der Waals surface area contributed by atoms with Gasteiger partial charge < -0.3 is 23.6 Å². The van der Waals surface area contributed by atoms with Crippen molar-refractivity contribution in [3.8, 4) is 17.1 Å². The molecule has 4 rings (SSSR count). The second kappa shape index (κ2) is 15.2. The zero-order valence-corrected chi connectivity index (χ0v) is 28.9. The first-order chi connectivity index (χ1) is 23.6. The molecule has 2 heterocycles. The number of carbonyl (C=O) groups excluding carboxylic acids is 2. The Morgan fingerprint density at radius 3 is 2.22 bits per heavy atom. The van der Waals surface area contributed by atoms with Crippen molar-refractivity contribution in [1.29, 1.82) is 0 Å². The van der Waals surface area contributed by atoms with Crippen LogP contribution in [-0.4, -0.2) is 57.5 Å². The van der Waals surface area contributed by atoms with Crippen LogP contribution in [0.5, 0.6) is 5.75 Å². The van der Waals surface area contributed by atoms with E-state index in [2.05, 4.69) is 20.4 Å². The third kappa shape index (κ3) is 11.3. The van der Waals surface area contributed by atoms with Crippen molar-refractivity contribution in [3.05, 3.63) is 65.0 Å². The highest BCUT2D eigenvalue weighted by atomic mass is 19.4. The average Bonchev–Trinajstić information content (AvgIpc) is 3.67. The van der Waals surface area contributed by atoms with E-state index in [9.17, 15) is 35.9 Å². The highest BCUT2D eigenvalue weighted by Gasteiger charge is 2.37. The van der Waals surface area contributed by atoms with Crippen molar-refractivity contribution < 1.29 is 54.7 Å². The van der Waals surface area contributed by atoms with Crippen molar-refractivity contribution >= 4 is 18.1 Å². The third-order valence-electron chi connectivity index (χ3n) is 7.15. The first-order valence-electron chi connectivity index (χ1n) is 16.0. The predicted molar refractivity (Wildman–Crippen MR) is 172 cm³/mol. The number of aromatic nitrogens is 2. The smallest absolute Gasteiger partial charge is 0.437 e. The molecule has 278 valence electrons. The molecule has 0 spiro atoms. The number of aliphatic imine (C=N–C) groups is 1. The van der Waals surface area contributed by atoms with Crippen LogP contribution >= 0.6 is 0 Å². The zero-order chi connectivity index (χ0) is 37.8. The standard InChI is InChI=1S/C34H39F6N5O6/c1-31(2,3)49-29(46)42-28(43-30(47)50-32(4,5)6)45-17-7-10-24(45)27-41-26(44-51-27)21-13-16-25(23(19-21)34(38,39)40)48-18-8-9-20-11-14-22(15-12-20)33(35,36)37/h11-16,19,24H,7-10,17-18H2,1-6H3,(H,42,43,46,47)/t24-/m0/s1. The van der Waals surface area contributed by atoms with Gasteiger partial charge in [0.2, 0.25) is 17.7 Å². The topological polar surface area (TPSA) is 128 Å². The SMILES string of the molecule is CC(C)(C)OC(=O)N=C(NC(=O)OC(C)(C)C)N1CCC[C@H]1c1nc(-c2ccc(OCCCc3ccc(C(F)(F)F)cc3)c(C(F)(F)F)c2)no1. The number of likely N-dealkylation sites (tertiary alicyclic amines) is 1. The Kier molecular flexibility index (Phi) is 11.6. The molecule has 0 radical (unpaired) electrons. The molecule has 1 fully saturated rings. The van der Waals surface area contributed by atoms with Gasteiger partial charge in [-0.15, -0.1) is 4.99 Å². The minimum absolute atomic E-state index is 0.00234. The van der Waals surface area contributed by atoms with E-state index in [1.165, 1.54) is 23.1 Å². The molecule has 2 aromatic carbocycles. The van der Waals surface area contributed by atoms with E-state index in [0.29, 0.717) is 31.4 Å². The number of nitrogens with zero attached hydrogens (tertiary/aromatic N) is 4. The van der Waals surface area contributed by atoms with Gasteiger partial charge in [0, 0.05) is 12.1 Å². The van der Waals surface area contributed by atoms with Crippen LogP contribution in [0.4, 0.5) is 35.9 Å². The van der Waals surface area contributed by atoms with Crippen LogP contribution in [-0.2, 0) is 28.2 Å². The van der Waals surface area contributed by atoms with E-state index in [1.807, 2.05) is 0 Å². The second-order valence-electron chi connectivity index (χ2n) is 13.7. The first kappa shape index (κ1) is 39.0. The van der Waals surface area contributed by atoms with Crippen molar-refractivity contribution in [3.63, 3.8) is 0 Å². The number of ether oxygens (including phenoxy) is 3. The number of alkyl halides is 6. The summed E-state index contributed by atoms with van der Waals surface area (Å²) in [6.45, 7) is 10.1. The van der Waals surface area contributed by atoms with Gasteiger partial charge in [0.05, 0.1) is 17.7 Å². The lowest BCUT2D eigenvalue weighted by atomic mass is 10.1. The van der Waals surface area contributed by atoms with Crippen molar-refractivity contribution in [2.75, 3.05) is 13.2 Å². The third-order valence-corrected chi connectivity index (χ3v) is 7.15. The highest BCUT2D eigenvalue weighted by Crippen LogP contribution is 2.39. The van der Waals surface area contributed by atoms with Crippen LogP contribution in [0.25, 0.3) is 11.4 Å². The van der Waals surface area contributed by atoms with Crippen molar-refractivity contribution in [2.45, 2.75) is 96.8 Å². The number of hydrogen-bond donors (Lipinski definition) is 1. The Labute approximate surface area is 290 Å². The molecule has 11 nitrogen and oxygen atoms in total. The Bertz CT molecular complexity index is 1710. The fourth-order valence-corrected chi connectivity index (χ4v) is 5.03. The Morgan fingerprint density at radius 2 is 1.61 bits per heavy atom. The molecule has 0 unspecified atom stereocenters. The number of hydrogen-bond acceptors (Lipinski definition) is 8. The lowest BCUT2D eigenvalue weighted by Crippen LogP contribution is -2.46. The number of carbonyl (C=O) groups is 2. The molecule has 1 N–H and O–H groups in total. The highest BCUT2D eigenvalue weighted by molar-refractivity contribution is 5.99. The molecule has 1 aromatic heterocycles. The maximum atomic E-state index is 14.1. The van der Waals surface area contributed by atoms with E-state index < -0.39 is 58.7 Å². The number of guanidine groups is 1. The van der Waals surface area contributed by atoms with E-state index in [1.54, 1.807) is 41.5 Å². The van der Waals surface area contributed by atoms with E-state index in [4.69, 9.17) is 18.7 Å². The molecule has 3 aromatic rings. The molecular weight excluding hydrogens is 688 g/mol. The predicted octanol–water partition coefficient (Wildman–Crippen LogP) is 8.74. The molecule has 1 atom stereocenters. The Morgan fingerprint density at radius 1 is 0.941 bits per heavy atom. The van der Waals surface area contributed by atoms with Gasteiger partial charge in [-0.2, -0.15) is 31.3 Å². The fourth-order valence-electron chi connectivity index (χ4n) is 5.03. The molecule has 17 heteroatoms. The fraction of sp³-hybridized carbons (Fsp3) is 0.500. The molecule has 0 aliphatic carbocycles. The van der Waals surface area contributed by atoms with Crippen LogP contribution in [0.1, 0.15) is 89.4 Å². The van der Waals surface area contributed by atoms with Gasteiger partial charge in [-0.25, -0.2) is 9.59 Å². The van der Waals surface area contributed by atoms with Gasteiger partial charge in [0.25, 0.3) is 0 Å². The Balaban J connectivity index is 1.51. The van der Waals surface area contributed by atoms with Gasteiger partial charge in [0.15, 0.2) is 0 Å². The molecule has 1 saturated heterocycles. The number of alkyl carbamates (subject to hydrolysis) is 1. The van der Waals surface area contributed by atoms with Gasteiger partial charge in [-0.05, 0) is 103 Å². The van der Waals surface area contributed by atoms with Gasteiger partial charge in [-0.3, -0.25) is 5.32 Å². The quantitative estimate of drug-likeness (QED) is 0.110. The van der Waals surface area contributed by atoms with Crippen LogP contribution in [0.3, 0.4) is 0 Å². The van der Waals surface area contributed by atoms with Gasteiger partial charge in [-0.1, -0.05) is 17.3 Å². The van der Waals surface area contributed by atoms with Crippen LogP contribution < -0.4 is 10.1 Å². The van der Waals surface area contributed by atoms with Gasteiger partial charge >= 0.3 is 24.5 Å². The van der Waals surface area contributed by atoms with Crippen LogP contribution in [0.15, 0.2) is 52.0 Å².